The summed E-state index contributed by atoms with van der Waals surface area (Å²) in [6.45, 7) is 16.9. The molecule has 154 valence electrons. The summed E-state index contributed by atoms with van der Waals surface area (Å²) in [6, 6.07) is 3.59. The first-order valence-electron chi connectivity index (χ1n) is 10.8. The van der Waals surface area contributed by atoms with Gasteiger partial charge in [0.2, 0.25) is 0 Å². The van der Waals surface area contributed by atoms with Crippen molar-refractivity contribution in [1.82, 2.24) is 25.8 Å². The maximum atomic E-state index is 6.30. The molecule has 2 aliphatic rings. The van der Waals surface area contributed by atoms with E-state index in [4.69, 9.17) is 5.73 Å². The molecule has 2 unspecified atom stereocenters. The van der Waals surface area contributed by atoms with Crippen molar-refractivity contribution in [2.45, 2.75) is 89.8 Å². The second kappa shape index (κ2) is 10.3. The number of hydrogen-bond donors (Lipinski definition) is 4. The fraction of sp³-hybridized carbons (Fsp3) is 1.00. The number of nitrogens with two attached hydrogens (primary N) is 1. The van der Waals surface area contributed by atoms with Crippen molar-refractivity contribution < 1.29 is 0 Å². The Morgan fingerprint density at radius 1 is 0.923 bits per heavy atom. The minimum atomic E-state index is 0.268. The van der Waals surface area contributed by atoms with Gasteiger partial charge in [-0.1, -0.05) is 6.92 Å². The molecule has 26 heavy (non-hydrogen) atoms. The quantitative estimate of drug-likeness (QED) is 0.449. The van der Waals surface area contributed by atoms with E-state index in [2.05, 4.69) is 67.4 Å². The van der Waals surface area contributed by atoms with Gasteiger partial charge in [-0.25, -0.2) is 0 Å². The number of hydrogen-bond acceptors (Lipinski definition) is 6. The summed E-state index contributed by atoms with van der Waals surface area (Å²) >= 11 is 0. The second-order valence-electron chi connectivity index (χ2n) is 8.83. The third-order valence-corrected chi connectivity index (χ3v) is 6.45. The summed E-state index contributed by atoms with van der Waals surface area (Å²) < 4.78 is 0. The fourth-order valence-corrected chi connectivity index (χ4v) is 4.54. The van der Waals surface area contributed by atoms with Crippen LogP contribution in [-0.4, -0.2) is 91.9 Å². The molecule has 2 saturated heterocycles. The van der Waals surface area contributed by atoms with Crippen LogP contribution in [0.25, 0.3) is 0 Å². The van der Waals surface area contributed by atoms with Gasteiger partial charge in [0.25, 0.3) is 0 Å². The van der Waals surface area contributed by atoms with Gasteiger partial charge in [-0.3, -0.25) is 9.80 Å². The Hall–Kier alpha value is -0.240. The van der Waals surface area contributed by atoms with Crippen molar-refractivity contribution >= 4 is 0 Å². The summed E-state index contributed by atoms with van der Waals surface area (Å²) in [4.78, 5) is 5.14. The number of likely N-dealkylation sites (N-methyl/N-ethyl adjacent to an activating group) is 2. The van der Waals surface area contributed by atoms with Crippen molar-refractivity contribution in [3.63, 3.8) is 0 Å². The van der Waals surface area contributed by atoms with Crippen LogP contribution >= 0.6 is 0 Å². The van der Waals surface area contributed by atoms with Gasteiger partial charge in [-0.15, -0.1) is 0 Å². The maximum absolute atomic E-state index is 6.30. The number of likely N-dealkylation sites (tertiary alicyclic amines) is 2. The zero-order chi connectivity index (χ0) is 19.3. The minimum absolute atomic E-state index is 0.268. The van der Waals surface area contributed by atoms with Gasteiger partial charge in [-0.2, -0.15) is 0 Å². The Morgan fingerprint density at radius 2 is 1.58 bits per heavy atom. The van der Waals surface area contributed by atoms with Crippen LogP contribution in [0.4, 0.5) is 0 Å². The Morgan fingerprint density at radius 3 is 2.19 bits per heavy atom. The molecule has 0 radical (unpaired) electrons. The Bertz CT molecular complexity index is 404. The predicted molar refractivity (Wildman–Crippen MR) is 112 cm³/mol. The first kappa shape index (κ1) is 22.1. The maximum Gasteiger partial charge on any atom is 0.0363 e. The van der Waals surface area contributed by atoms with Gasteiger partial charge in [0.05, 0.1) is 0 Å². The van der Waals surface area contributed by atoms with Crippen LogP contribution in [0.2, 0.25) is 0 Å². The van der Waals surface area contributed by atoms with E-state index in [-0.39, 0.29) is 6.04 Å². The molecule has 5 N–H and O–H groups in total. The molecule has 2 heterocycles. The molecule has 0 aromatic rings. The number of nitrogens with one attached hydrogen (secondary N) is 3. The van der Waals surface area contributed by atoms with Crippen molar-refractivity contribution in [3.8, 4) is 0 Å². The second-order valence-corrected chi connectivity index (χ2v) is 8.83. The zero-order valence-electron chi connectivity index (χ0n) is 18.0. The lowest BCUT2D eigenvalue weighted by Gasteiger charge is -2.28. The first-order chi connectivity index (χ1) is 12.3. The molecular formula is C20H44N6. The average Bonchev–Trinajstić information content (AvgIpc) is 3.17. The average molecular weight is 369 g/mol. The van der Waals surface area contributed by atoms with Gasteiger partial charge >= 0.3 is 0 Å². The number of rotatable bonds is 10. The van der Waals surface area contributed by atoms with Gasteiger partial charge in [0, 0.05) is 68.5 Å². The van der Waals surface area contributed by atoms with E-state index in [0.29, 0.717) is 36.3 Å². The molecule has 2 rings (SSSR count). The highest BCUT2D eigenvalue weighted by Crippen LogP contribution is 2.18. The first-order valence-corrected chi connectivity index (χ1v) is 10.8. The molecule has 6 heteroatoms. The van der Waals surface area contributed by atoms with Crippen molar-refractivity contribution in [2.75, 3.05) is 39.8 Å². The van der Waals surface area contributed by atoms with Crippen LogP contribution in [0.5, 0.6) is 0 Å². The lowest BCUT2D eigenvalue weighted by atomic mass is 10.1. The summed E-state index contributed by atoms with van der Waals surface area (Å²) in [6.07, 6.45) is 2.44. The molecule has 0 saturated carbocycles. The predicted octanol–water partition coefficient (Wildman–Crippen LogP) is 0.435. The van der Waals surface area contributed by atoms with Gasteiger partial charge < -0.3 is 21.7 Å². The standard InChI is InChI=1S/C20H44N6/c1-7-23-18-11-26(10-17(18)21)16(5)9-8-15(4)24-20-13-25(14(2)3)12-19(20)22-6/h14-20,22-24H,7-13,21H2,1-6H3/t15?,16?,17-,18+,19+,20+/m1/s1. The smallest absolute Gasteiger partial charge is 0.0363 e. The molecule has 2 fully saturated rings. The zero-order valence-corrected chi connectivity index (χ0v) is 18.0. The van der Waals surface area contributed by atoms with Crippen LogP contribution < -0.4 is 21.7 Å². The van der Waals surface area contributed by atoms with E-state index in [1.54, 1.807) is 0 Å². The van der Waals surface area contributed by atoms with Crippen LogP contribution in [0.3, 0.4) is 0 Å². The molecule has 0 bridgehead atoms. The van der Waals surface area contributed by atoms with Crippen LogP contribution in [0, 0.1) is 0 Å². The topological polar surface area (TPSA) is 68.6 Å². The van der Waals surface area contributed by atoms with E-state index in [1.807, 2.05) is 0 Å². The highest BCUT2D eigenvalue weighted by Gasteiger charge is 2.34. The SMILES string of the molecule is CCN[C@H]1CN(C(C)CCC(C)N[C@H]2CN(C(C)C)C[C@@H]2NC)C[C@H]1N. The number of nitrogens with zero attached hydrogens (tertiary/aromatic N) is 2. The van der Waals surface area contributed by atoms with E-state index < -0.39 is 0 Å². The molecule has 0 aromatic heterocycles. The fourth-order valence-electron chi connectivity index (χ4n) is 4.54. The molecule has 0 aliphatic carbocycles. The molecule has 0 spiro atoms. The normalized spacial score (nSPS) is 33.2. The Labute approximate surface area is 161 Å². The summed E-state index contributed by atoms with van der Waals surface area (Å²) in [5.74, 6) is 0. The summed E-state index contributed by atoms with van der Waals surface area (Å²) in [5, 5.41) is 10.9. The van der Waals surface area contributed by atoms with Crippen molar-refractivity contribution in [2.24, 2.45) is 5.73 Å². The molecule has 0 aromatic carbocycles. The van der Waals surface area contributed by atoms with Gasteiger partial charge in [0.1, 0.15) is 0 Å². The molecule has 6 atom stereocenters. The third kappa shape index (κ3) is 5.88. The third-order valence-electron chi connectivity index (χ3n) is 6.45. The Kier molecular flexibility index (Phi) is 8.77. The molecule has 2 aliphatic heterocycles. The lowest BCUT2D eigenvalue weighted by Crippen LogP contribution is -2.49. The van der Waals surface area contributed by atoms with Crippen LogP contribution in [0.1, 0.15) is 47.5 Å². The summed E-state index contributed by atoms with van der Waals surface area (Å²) in [7, 11) is 2.09. The largest absolute Gasteiger partial charge is 0.325 e. The van der Waals surface area contributed by atoms with E-state index >= 15 is 0 Å². The molecular weight excluding hydrogens is 324 g/mol. The minimum Gasteiger partial charge on any atom is -0.325 e. The van der Waals surface area contributed by atoms with Gasteiger partial charge in [0.15, 0.2) is 0 Å². The van der Waals surface area contributed by atoms with Crippen molar-refractivity contribution in [1.29, 1.82) is 0 Å². The van der Waals surface area contributed by atoms with Crippen molar-refractivity contribution in [3.05, 3.63) is 0 Å². The van der Waals surface area contributed by atoms with Gasteiger partial charge in [-0.05, 0) is 54.1 Å². The monoisotopic (exact) mass is 368 g/mol. The van der Waals surface area contributed by atoms with E-state index in [1.165, 1.54) is 12.8 Å². The van der Waals surface area contributed by atoms with E-state index in [0.717, 1.165) is 32.7 Å². The molecule has 6 nitrogen and oxygen atoms in total. The Balaban J connectivity index is 1.73. The summed E-state index contributed by atoms with van der Waals surface area (Å²) in [5.41, 5.74) is 6.30. The lowest BCUT2D eigenvalue weighted by molar-refractivity contribution is 0.227. The van der Waals surface area contributed by atoms with Crippen LogP contribution in [-0.2, 0) is 0 Å². The highest BCUT2D eigenvalue weighted by atomic mass is 15.3. The van der Waals surface area contributed by atoms with E-state index in [9.17, 15) is 0 Å². The van der Waals surface area contributed by atoms with Crippen LogP contribution in [0.15, 0.2) is 0 Å². The highest BCUT2D eigenvalue weighted by molar-refractivity contribution is 4.96. The molecule has 0 amide bonds.